The van der Waals surface area contributed by atoms with Crippen LogP contribution in [-0.2, 0) is 0 Å². The largest absolute Gasteiger partial charge is 0.249 e. The molecule has 0 aliphatic carbocycles. The minimum Gasteiger partial charge on any atom is -0.249 e. The summed E-state index contributed by atoms with van der Waals surface area (Å²) in [5.41, 5.74) is 0. The molecule has 0 spiro atoms. The normalized spacial score (nSPS) is 13.8. The third-order valence-corrected chi connectivity index (χ3v) is 2.04. The summed E-state index contributed by atoms with van der Waals surface area (Å²) >= 11 is 5.67. The minimum absolute atomic E-state index is 0.0370. The lowest BCUT2D eigenvalue weighted by molar-refractivity contribution is 1.17. The third kappa shape index (κ3) is 1.23. The van der Waals surface area contributed by atoms with E-state index in [9.17, 15) is 0 Å². The Balaban J connectivity index is 2.77. The Kier molecular flexibility index (Phi) is 1.91. The summed E-state index contributed by atoms with van der Waals surface area (Å²) in [6.45, 7) is 3.69. The van der Waals surface area contributed by atoms with Gasteiger partial charge in [0.2, 0.25) is 0 Å². The first-order valence-corrected chi connectivity index (χ1v) is 3.61. The molecule has 1 radical (unpaired) electrons. The first-order chi connectivity index (χ1) is 3.80. The van der Waals surface area contributed by atoms with E-state index in [0.29, 0.717) is 0 Å². The third-order valence-electron chi connectivity index (χ3n) is 0.736. The van der Waals surface area contributed by atoms with Gasteiger partial charge in [-0.05, 0) is 6.92 Å². The molecule has 1 unspecified atom stereocenters. The number of nitrogens with zero attached hydrogens (tertiary/aromatic N) is 1. The summed E-state index contributed by atoms with van der Waals surface area (Å²) in [6, 6.07) is 0. The van der Waals surface area contributed by atoms with Gasteiger partial charge >= 0.3 is 0 Å². The summed E-state index contributed by atoms with van der Waals surface area (Å²) in [4.78, 5) is 4.00. The molecule has 8 heavy (non-hydrogen) atoms. The van der Waals surface area contributed by atoms with Crippen LogP contribution in [0.3, 0.4) is 0 Å². The predicted molar refractivity (Wildman–Crippen MR) is 39.2 cm³/mol. The zero-order chi connectivity index (χ0) is 5.98. The van der Waals surface area contributed by atoms with Gasteiger partial charge in [0.1, 0.15) is 5.01 Å². The summed E-state index contributed by atoms with van der Waals surface area (Å²) in [5.74, 6) is 0. The second kappa shape index (κ2) is 2.51. The molecule has 0 aromatic carbocycles. The molecule has 1 atom stereocenters. The smallest absolute Gasteiger partial charge is 0.105 e. The molecule has 1 aromatic rings. The lowest BCUT2D eigenvalue weighted by Gasteiger charge is -1.92. The highest BCUT2D eigenvalue weighted by atomic mass is 32.1. The number of thiazole rings is 1. The lowest BCUT2D eigenvalue weighted by Crippen LogP contribution is -1.78. The molecule has 0 aliphatic heterocycles. The van der Waals surface area contributed by atoms with Gasteiger partial charge in [0, 0.05) is 11.6 Å². The van der Waals surface area contributed by atoms with Crippen molar-refractivity contribution < 1.29 is 0 Å². The van der Waals surface area contributed by atoms with Gasteiger partial charge in [0.15, 0.2) is 0 Å². The maximum absolute atomic E-state index is 4.09. The lowest BCUT2D eigenvalue weighted by atomic mass is 10.5. The van der Waals surface area contributed by atoms with Crippen LogP contribution in [0.4, 0.5) is 0 Å². The van der Waals surface area contributed by atoms with Crippen LogP contribution >= 0.6 is 24.0 Å². The van der Waals surface area contributed by atoms with Crippen molar-refractivity contribution in [1.82, 2.24) is 4.98 Å². The van der Waals surface area contributed by atoms with E-state index in [1.165, 1.54) is 0 Å². The van der Waals surface area contributed by atoms with Crippen LogP contribution in [-0.4, -0.2) is 4.98 Å². The summed E-state index contributed by atoms with van der Waals surface area (Å²) in [7, 11) is 0. The van der Waals surface area contributed by atoms with Gasteiger partial charge in [0.25, 0.3) is 0 Å². The van der Waals surface area contributed by atoms with Crippen molar-refractivity contribution >= 4 is 24.0 Å². The first kappa shape index (κ1) is 6.11. The molecule has 0 N–H and O–H groups in total. The van der Waals surface area contributed by atoms with Gasteiger partial charge in [-0.2, -0.15) is 12.6 Å². The zero-order valence-corrected chi connectivity index (χ0v) is 5.95. The van der Waals surface area contributed by atoms with Crippen molar-refractivity contribution in [2.75, 3.05) is 0 Å². The Hall–Kier alpha value is -0.0200. The van der Waals surface area contributed by atoms with E-state index in [4.69, 9.17) is 0 Å². The summed E-state index contributed by atoms with van der Waals surface area (Å²) < 4.78 is 0. The monoisotopic (exact) mass is 144 g/mol. The van der Waals surface area contributed by atoms with Crippen LogP contribution in [0.1, 0.15) is 10.3 Å². The Bertz CT molecular complexity index is 145. The van der Waals surface area contributed by atoms with Crippen molar-refractivity contribution in [3.63, 3.8) is 0 Å². The van der Waals surface area contributed by atoms with Crippen LogP contribution in [0.5, 0.6) is 0 Å². The molecule has 0 aliphatic rings. The van der Waals surface area contributed by atoms with Crippen molar-refractivity contribution in [1.29, 1.82) is 0 Å². The van der Waals surface area contributed by atoms with Crippen molar-refractivity contribution in [2.45, 2.75) is 5.25 Å². The molecule has 0 amide bonds. The molecule has 1 rings (SSSR count). The van der Waals surface area contributed by atoms with Gasteiger partial charge in [-0.15, -0.1) is 11.3 Å². The Morgan fingerprint density at radius 3 is 2.88 bits per heavy atom. The molecule has 43 valence electrons. The molecule has 1 heterocycles. The summed E-state index contributed by atoms with van der Waals surface area (Å²) in [6.07, 6.45) is 1.76. The fourth-order valence-corrected chi connectivity index (χ4v) is 1.19. The average molecular weight is 144 g/mol. The molecule has 1 aromatic heterocycles. The van der Waals surface area contributed by atoms with Crippen LogP contribution in [0, 0.1) is 6.92 Å². The van der Waals surface area contributed by atoms with E-state index < -0.39 is 0 Å². The number of aromatic nitrogens is 1. The molecule has 0 saturated heterocycles. The molecule has 0 bridgehead atoms. The SMILES string of the molecule is [CH2]C(S)c1nccs1. The van der Waals surface area contributed by atoms with Gasteiger partial charge in [0.05, 0.1) is 5.25 Å². The highest BCUT2D eigenvalue weighted by Gasteiger charge is 1.99. The van der Waals surface area contributed by atoms with Crippen LogP contribution in [0.2, 0.25) is 0 Å². The maximum atomic E-state index is 4.09. The van der Waals surface area contributed by atoms with E-state index in [0.717, 1.165) is 5.01 Å². The van der Waals surface area contributed by atoms with Gasteiger partial charge in [-0.25, -0.2) is 4.98 Å². The van der Waals surface area contributed by atoms with Gasteiger partial charge in [-0.3, -0.25) is 0 Å². The molecular formula is C5H6NS2. The molecule has 3 heteroatoms. The van der Waals surface area contributed by atoms with E-state index in [1.54, 1.807) is 17.5 Å². The van der Waals surface area contributed by atoms with Crippen LogP contribution in [0.25, 0.3) is 0 Å². The Morgan fingerprint density at radius 2 is 2.62 bits per heavy atom. The van der Waals surface area contributed by atoms with Crippen molar-refractivity contribution in [3.8, 4) is 0 Å². The Morgan fingerprint density at radius 1 is 1.88 bits per heavy atom. The summed E-state index contributed by atoms with van der Waals surface area (Å²) in [5, 5.41) is 2.94. The van der Waals surface area contributed by atoms with Crippen LogP contribution < -0.4 is 0 Å². The molecule has 0 saturated carbocycles. The number of hydrogen-bond donors (Lipinski definition) is 1. The van der Waals surface area contributed by atoms with E-state index in [-0.39, 0.29) is 5.25 Å². The topological polar surface area (TPSA) is 12.9 Å². The second-order valence-electron chi connectivity index (χ2n) is 1.39. The quantitative estimate of drug-likeness (QED) is 0.594. The highest BCUT2D eigenvalue weighted by Crippen LogP contribution is 2.19. The minimum atomic E-state index is 0.0370. The molecule has 0 fully saturated rings. The number of thiol groups is 1. The Labute approximate surface area is 58.2 Å². The molecule has 1 nitrogen and oxygen atoms in total. The maximum Gasteiger partial charge on any atom is 0.105 e. The van der Waals surface area contributed by atoms with Crippen LogP contribution in [0.15, 0.2) is 11.6 Å². The van der Waals surface area contributed by atoms with Gasteiger partial charge < -0.3 is 0 Å². The fourth-order valence-electron chi connectivity index (χ4n) is 0.399. The zero-order valence-electron chi connectivity index (χ0n) is 4.24. The van der Waals surface area contributed by atoms with E-state index in [1.807, 2.05) is 5.38 Å². The number of hydrogen-bond acceptors (Lipinski definition) is 3. The van der Waals surface area contributed by atoms with E-state index >= 15 is 0 Å². The fraction of sp³-hybridized carbons (Fsp3) is 0.200. The number of rotatable bonds is 1. The van der Waals surface area contributed by atoms with E-state index in [2.05, 4.69) is 24.5 Å². The first-order valence-electron chi connectivity index (χ1n) is 2.21. The average Bonchev–Trinajstić information content (AvgIpc) is 2.12. The predicted octanol–water partition coefficient (Wildman–Crippen LogP) is 1.95. The highest BCUT2D eigenvalue weighted by molar-refractivity contribution is 7.80. The van der Waals surface area contributed by atoms with Crippen molar-refractivity contribution in [3.05, 3.63) is 23.5 Å². The van der Waals surface area contributed by atoms with Gasteiger partial charge in [-0.1, -0.05) is 0 Å². The molecular weight excluding hydrogens is 138 g/mol. The second-order valence-corrected chi connectivity index (χ2v) is 2.94. The standard InChI is InChI=1S/C5H6NS2/c1-4(7)5-6-2-3-8-5/h2-4,7H,1H2. The van der Waals surface area contributed by atoms with Crippen molar-refractivity contribution in [2.24, 2.45) is 0 Å².